The first-order valence-electron chi connectivity index (χ1n) is 12.8. The lowest BCUT2D eigenvalue weighted by molar-refractivity contribution is -0.119. The molecule has 1 saturated heterocycles. The molecule has 2 aromatic heterocycles. The maximum Gasteiger partial charge on any atom is 0.240 e. The number of carbonyl (C=O) groups excluding carboxylic acids is 1. The molecule has 1 aliphatic rings. The zero-order valence-corrected chi connectivity index (χ0v) is 22.1. The second kappa shape index (κ2) is 11.5. The molecule has 10 nitrogen and oxygen atoms in total. The molecule has 10 heteroatoms. The van der Waals surface area contributed by atoms with E-state index in [1.54, 1.807) is 31.3 Å². The minimum absolute atomic E-state index is 0.0683. The average Bonchev–Trinajstić information content (AvgIpc) is 3.62. The largest absolute Gasteiger partial charge is 0.497 e. The first-order valence-corrected chi connectivity index (χ1v) is 12.8. The molecular weight excluding hydrogens is 482 g/mol. The van der Waals surface area contributed by atoms with Gasteiger partial charge in [0.05, 0.1) is 43.3 Å². The van der Waals surface area contributed by atoms with Crippen LogP contribution in [0.2, 0.25) is 0 Å². The van der Waals surface area contributed by atoms with Gasteiger partial charge in [0.25, 0.3) is 0 Å². The van der Waals surface area contributed by atoms with Crippen molar-refractivity contribution in [1.29, 1.82) is 0 Å². The Morgan fingerprint density at radius 3 is 2.45 bits per heavy atom. The molecule has 1 fully saturated rings. The second-order valence-corrected chi connectivity index (χ2v) is 9.39. The Kier molecular flexibility index (Phi) is 7.69. The van der Waals surface area contributed by atoms with Crippen LogP contribution in [-0.4, -0.2) is 77.5 Å². The normalized spacial score (nSPS) is 13.6. The van der Waals surface area contributed by atoms with E-state index in [-0.39, 0.29) is 12.5 Å². The number of anilines is 2. The third-order valence-corrected chi connectivity index (χ3v) is 6.74. The van der Waals surface area contributed by atoms with Gasteiger partial charge < -0.3 is 24.6 Å². The van der Waals surface area contributed by atoms with E-state index in [0.29, 0.717) is 18.0 Å². The number of carbonyl (C=O) groups is 1. The van der Waals surface area contributed by atoms with Crippen LogP contribution in [0.25, 0.3) is 22.3 Å². The molecule has 0 atom stereocenters. The van der Waals surface area contributed by atoms with E-state index >= 15 is 0 Å². The van der Waals surface area contributed by atoms with E-state index in [1.807, 2.05) is 54.5 Å². The molecule has 1 N–H and O–H groups in total. The van der Waals surface area contributed by atoms with Crippen molar-refractivity contribution in [3.8, 4) is 22.8 Å². The van der Waals surface area contributed by atoms with Gasteiger partial charge in [-0.05, 0) is 44.1 Å². The molecule has 0 radical (unpaired) electrons. The Balaban J connectivity index is 1.46. The van der Waals surface area contributed by atoms with E-state index in [0.717, 1.165) is 53.3 Å². The summed E-state index contributed by atoms with van der Waals surface area (Å²) in [6.45, 7) is 3.81. The van der Waals surface area contributed by atoms with Gasteiger partial charge in [0.2, 0.25) is 5.91 Å². The van der Waals surface area contributed by atoms with Crippen molar-refractivity contribution >= 4 is 28.3 Å². The van der Waals surface area contributed by atoms with Crippen molar-refractivity contribution in [2.75, 3.05) is 51.8 Å². The topological polar surface area (TPSA) is 97.6 Å². The van der Waals surface area contributed by atoms with Gasteiger partial charge in [0.15, 0.2) is 0 Å². The van der Waals surface area contributed by atoms with Crippen LogP contribution in [0.5, 0.6) is 11.5 Å². The average molecular weight is 516 g/mol. The number of aryl methyl sites for hydroxylation is 1. The van der Waals surface area contributed by atoms with Crippen LogP contribution in [0.15, 0.2) is 55.0 Å². The number of ether oxygens (including phenoxy) is 2. The molecule has 1 aliphatic heterocycles. The summed E-state index contributed by atoms with van der Waals surface area (Å²) >= 11 is 0. The summed E-state index contributed by atoms with van der Waals surface area (Å²) in [5.41, 5.74) is 4.68. The first kappa shape index (κ1) is 25.5. The highest BCUT2D eigenvalue weighted by Gasteiger charge is 2.18. The fourth-order valence-electron chi connectivity index (χ4n) is 4.70. The zero-order valence-electron chi connectivity index (χ0n) is 22.1. The number of nitrogens with zero attached hydrogens (tertiary/aromatic N) is 6. The fraction of sp³-hybridized carbons (Fsp3) is 0.357. The van der Waals surface area contributed by atoms with Crippen LogP contribution in [-0.2, 0) is 11.8 Å². The molecule has 198 valence electrons. The number of hydrogen-bond acceptors (Lipinski definition) is 8. The lowest BCUT2D eigenvalue weighted by Crippen LogP contribution is -2.39. The van der Waals surface area contributed by atoms with Crippen LogP contribution in [0, 0.1) is 0 Å². The highest BCUT2D eigenvalue weighted by atomic mass is 16.5. The summed E-state index contributed by atoms with van der Waals surface area (Å²) in [4.78, 5) is 26.9. The number of benzene rings is 2. The Bertz CT molecular complexity index is 1390. The summed E-state index contributed by atoms with van der Waals surface area (Å²) in [5.74, 6) is 1.21. The predicted octanol–water partition coefficient (Wildman–Crippen LogP) is 3.40. The molecule has 3 heterocycles. The number of methoxy groups -OCH3 is 2. The number of rotatable bonds is 10. The summed E-state index contributed by atoms with van der Waals surface area (Å²) in [6, 6.07) is 11.4. The predicted molar refractivity (Wildman–Crippen MR) is 147 cm³/mol. The van der Waals surface area contributed by atoms with Gasteiger partial charge in [-0.15, -0.1) is 0 Å². The third kappa shape index (κ3) is 5.86. The van der Waals surface area contributed by atoms with E-state index in [2.05, 4.69) is 20.3 Å². The Hall–Kier alpha value is -4.18. The van der Waals surface area contributed by atoms with Crippen LogP contribution >= 0.6 is 0 Å². The second-order valence-electron chi connectivity index (χ2n) is 9.39. The van der Waals surface area contributed by atoms with Gasteiger partial charge in [-0.25, -0.2) is 4.98 Å². The van der Waals surface area contributed by atoms with Crippen LogP contribution in [0.1, 0.15) is 12.8 Å². The van der Waals surface area contributed by atoms with E-state index in [1.165, 1.54) is 12.8 Å². The van der Waals surface area contributed by atoms with Crippen LogP contribution < -0.4 is 19.7 Å². The quantitative estimate of drug-likeness (QED) is 0.343. The van der Waals surface area contributed by atoms with Gasteiger partial charge in [-0.1, -0.05) is 0 Å². The molecule has 0 spiro atoms. The standard InChI is InChI=1S/C28H33N7O3/c1-33-18-20(16-31-33)27-17-30-25-7-6-21(14-26(25)32-27)35(22-12-23(37-2)15-24(13-22)38-3)19-28(36)29-8-11-34-9-4-5-10-34/h6-7,12-18H,4-5,8-11,19H2,1-3H3,(H,29,36). The van der Waals surface area contributed by atoms with Crippen molar-refractivity contribution in [2.45, 2.75) is 12.8 Å². The molecule has 4 aromatic rings. The third-order valence-electron chi connectivity index (χ3n) is 6.74. The van der Waals surface area contributed by atoms with Gasteiger partial charge in [-0.3, -0.25) is 14.5 Å². The Morgan fingerprint density at radius 2 is 1.76 bits per heavy atom. The van der Waals surface area contributed by atoms with Crippen molar-refractivity contribution < 1.29 is 14.3 Å². The maximum absolute atomic E-state index is 13.1. The summed E-state index contributed by atoms with van der Waals surface area (Å²) in [6.07, 6.45) is 7.87. The van der Waals surface area contributed by atoms with Gasteiger partial charge >= 0.3 is 0 Å². The zero-order chi connectivity index (χ0) is 26.5. The Labute approximate surface area is 222 Å². The van der Waals surface area contributed by atoms with E-state index < -0.39 is 0 Å². The van der Waals surface area contributed by atoms with Gasteiger partial charge in [0, 0.05) is 61.5 Å². The van der Waals surface area contributed by atoms with Crippen LogP contribution in [0.3, 0.4) is 0 Å². The van der Waals surface area contributed by atoms with Crippen molar-refractivity contribution in [1.82, 2.24) is 30.0 Å². The maximum atomic E-state index is 13.1. The van der Waals surface area contributed by atoms with Crippen molar-refractivity contribution in [2.24, 2.45) is 7.05 Å². The molecule has 5 rings (SSSR count). The molecule has 1 amide bonds. The number of nitrogens with one attached hydrogen (secondary N) is 1. The number of hydrogen-bond donors (Lipinski definition) is 1. The lowest BCUT2D eigenvalue weighted by Gasteiger charge is -2.26. The lowest BCUT2D eigenvalue weighted by atomic mass is 10.2. The number of aromatic nitrogens is 4. The minimum Gasteiger partial charge on any atom is -0.497 e. The molecule has 0 saturated carbocycles. The Morgan fingerprint density at radius 1 is 1.00 bits per heavy atom. The molecule has 38 heavy (non-hydrogen) atoms. The number of amides is 1. The molecule has 0 unspecified atom stereocenters. The summed E-state index contributed by atoms with van der Waals surface area (Å²) < 4.78 is 12.7. The van der Waals surface area contributed by atoms with Crippen molar-refractivity contribution in [3.63, 3.8) is 0 Å². The van der Waals surface area contributed by atoms with Crippen LogP contribution in [0.4, 0.5) is 11.4 Å². The SMILES string of the molecule is COc1cc(OC)cc(N(CC(=O)NCCN2CCCC2)c2ccc3ncc(-c4cnn(C)c4)nc3c2)c1. The van der Waals surface area contributed by atoms with E-state index in [4.69, 9.17) is 14.5 Å². The number of likely N-dealkylation sites (tertiary alicyclic amines) is 1. The van der Waals surface area contributed by atoms with Gasteiger partial charge in [-0.2, -0.15) is 5.10 Å². The first-order chi connectivity index (χ1) is 18.5. The molecule has 0 bridgehead atoms. The summed E-state index contributed by atoms with van der Waals surface area (Å²) in [5, 5.41) is 7.33. The highest BCUT2D eigenvalue weighted by Crippen LogP contribution is 2.34. The molecule has 0 aliphatic carbocycles. The van der Waals surface area contributed by atoms with Gasteiger partial charge in [0.1, 0.15) is 18.0 Å². The fourth-order valence-corrected chi connectivity index (χ4v) is 4.70. The van der Waals surface area contributed by atoms with E-state index in [9.17, 15) is 4.79 Å². The smallest absolute Gasteiger partial charge is 0.240 e. The summed E-state index contributed by atoms with van der Waals surface area (Å²) in [7, 11) is 5.09. The highest BCUT2D eigenvalue weighted by molar-refractivity contribution is 5.88. The molecule has 2 aromatic carbocycles. The molecular formula is C28H33N7O3. The number of fused-ring (bicyclic) bond motifs is 1. The van der Waals surface area contributed by atoms with Crippen molar-refractivity contribution in [3.05, 3.63) is 55.0 Å². The minimum atomic E-state index is -0.0683. The monoisotopic (exact) mass is 515 g/mol.